The molecule has 4 heteroatoms. The van der Waals surface area contributed by atoms with E-state index in [9.17, 15) is 4.79 Å². The summed E-state index contributed by atoms with van der Waals surface area (Å²) < 4.78 is 0. The van der Waals surface area contributed by atoms with Crippen molar-refractivity contribution in [3.05, 3.63) is 29.1 Å². The van der Waals surface area contributed by atoms with Gasteiger partial charge in [0.1, 0.15) is 5.82 Å². The molecule has 0 saturated carbocycles. The van der Waals surface area contributed by atoms with E-state index >= 15 is 0 Å². The highest BCUT2D eigenvalue weighted by molar-refractivity contribution is 5.94. The zero-order valence-corrected chi connectivity index (χ0v) is 7.96. The molecule has 0 bridgehead atoms. The molecule has 0 fully saturated rings. The number of benzene rings is 1. The van der Waals surface area contributed by atoms with E-state index in [1.165, 1.54) is 0 Å². The number of nitrogens with one attached hydrogen (secondary N) is 1. The Kier molecular flexibility index (Phi) is 1.77. The average molecular weight is 190 g/mol. The Labute approximate surface area is 80.6 Å². The van der Waals surface area contributed by atoms with Crippen LogP contribution in [0.2, 0.25) is 0 Å². The number of aromatic amines is 1. The second-order valence-corrected chi connectivity index (χ2v) is 3.31. The number of H-pyrrole nitrogens is 1. The van der Waals surface area contributed by atoms with Crippen molar-refractivity contribution in [1.29, 1.82) is 0 Å². The number of carboxylic acids is 1. The van der Waals surface area contributed by atoms with Gasteiger partial charge in [0.25, 0.3) is 0 Å². The quantitative estimate of drug-likeness (QED) is 0.721. The maximum atomic E-state index is 10.8. The van der Waals surface area contributed by atoms with Crippen LogP contribution in [0.15, 0.2) is 12.1 Å². The van der Waals surface area contributed by atoms with Gasteiger partial charge < -0.3 is 10.1 Å². The number of carbonyl (C=O) groups is 1. The van der Waals surface area contributed by atoms with Gasteiger partial charge in [-0.25, -0.2) is 9.78 Å². The van der Waals surface area contributed by atoms with Gasteiger partial charge in [-0.3, -0.25) is 0 Å². The number of aromatic nitrogens is 2. The molecule has 0 unspecified atom stereocenters. The van der Waals surface area contributed by atoms with Gasteiger partial charge in [-0.15, -0.1) is 0 Å². The Morgan fingerprint density at radius 1 is 1.43 bits per heavy atom. The minimum absolute atomic E-state index is 0.309. The van der Waals surface area contributed by atoms with Gasteiger partial charge in [0, 0.05) is 0 Å². The van der Waals surface area contributed by atoms with Crippen LogP contribution in [0.5, 0.6) is 0 Å². The molecule has 0 atom stereocenters. The zero-order chi connectivity index (χ0) is 10.3. The third kappa shape index (κ3) is 1.25. The lowest BCUT2D eigenvalue weighted by Gasteiger charge is -1.99. The fraction of sp³-hybridized carbons (Fsp3) is 0.200. The van der Waals surface area contributed by atoms with Crippen LogP contribution in [0.25, 0.3) is 11.0 Å². The SMILES string of the molecule is Cc1nc2cc(C(=O)O)c(C)cc2[nH]1. The van der Waals surface area contributed by atoms with Crippen molar-refractivity contribution in [3.63, 3.8) is 0 Å². The second-order valence-electron chi connectivity index (χ2n) is 3.31. The molecule has 2 N–H and O–H groups in total. The van der Waals surface area contributed by atoms with Crippen molar-refractivity contribution in [2.75, 3.05) is 0 Å². The summed E-state index contributed by atoms with van der Waals surface area (Å²) in [5.41, 5.74) is 2.63. The van der Waals surface area contributed by atoms with Gasteiger partial charge in [-0.05, 0) is 31.5 Å². The monoisotopic (exact) mass is 190 g/mol. The predicted octanol–water partition coefficient (Wildman–Crippen LogP) is 1.88. The summed E-state index contributed by atoms with van der Waals surface area (Å²) in [6, 6.07) is 3.40. The Morgan fingerprint density at radius 2 is 2.14 bits per heavy atom. The minimum Gasteiger partial charge on any atom is -0.478 e. The van der Waals surface area contributed by atoms with Crippen molar-refractivity contribution in [3.8, 4) is 0 Å². The molecule has 0 radical (unpaired) electrons. The van der Waals surface area contributed by atoms with Crippen LogP contribution in [0.3, 0.4) is 0 Å². The molecule has 0 aliphatic heterocycles. The first-order chi connectivity index (χ1) is 6.58. The molecule has 72 valence electrons. The van der Waals surface area contributed by atoms with Gasteiger partial charge in [0.2, 0.25) is 0 Å². The molecule has 2 aromatic rings. The molecule has 2 rings (SSSR count). The molecule has 0 spiro atoms. The normalized spacial score (nSPS) is 10.7. The van der Waals surface area contributed by atoms with Crippen LogP contribution < -0.4 is 0 Å². The van der Waals surface area contributed by atoms with E-state index in [-0.39, 0.29) is 0 Å². The minimum atomic E-state index is -0.912. The summed E-state index contributed by atoms with van der Waals surface area (Å²) in [5.74, 6) is -0.119. The van der Waals surface area contributed by atoms with E-state index in [4.69, 9.17) is 5.11 Å². The van der Waals surface area contributed by atoms with Crippen LogP contribution in [0.4, 0.5) is 0 Å². The summed E-state index contributed by atoms with van der Waals surface area (Å²) in [7, 11) is 0. The number of imidazole rings is 1. The number of hydrogen-bond acceptors (Lipinski definition) is 2. The van der Waals surface area contributed by atoms with Gasteiger partial charge in [-0.2, -0.15) is 0 Å². The van der Waals surface area contributed by atoms with Gasteiger partial charge in [0.05, 0.1) is 16.6 Å². The molecule has 0 saturated heterocycles. The van der Waals surface area contributed by atoms with Gasteiger partial charge >= 0.3 is 5.97 Å². The maximum Gasteiger partial charge on any atom is 0.336 e. The van der Waals surface area contributed by atoms with Crippen molar-refractivity contribution in [2.45, 2.75) is 13.8 Å². The molecule has 1 aromatic heterocycles. The molecule has 4 nitrogen and oxygen atoms in total. The van der Waals surface area contributed by atoms with E-state index < -0.39 is 5.97 Å². The summed E-state index contributed by atoms with van der Waals surface area (Å²) in [6.45, 7) is 3.62. The highest BCUT2D eigenvalue weighted by Gasteiger charge is 2.09. The summed E-state index contributed by atoms with van der Waals surface area (Å²) in [4.78, 5) is 18.1. The molecule has 0 aliphatic rings. The van der Waals surface area contributed by atoms with E-state index in [0.717, 1.165) is 16.9 Å². The first kappa shape index (κ1) is 8.74. The number of rotatable bonds is 1. The lowest BCUT2D eigenvalue weighted by Crippen LogP contribution is -1.99. The van der Waals surface area contributed by atoms with Crippen LogP contribution in [-0.4, -0.2) is 21.0 Å². The standard InChI is InChI=1S/C10H10N2O2/c1-5-3-8-9(12-6(2)11-8)4-7(5)10(13)14/h3-4H,1-2H3,(H,11,12)(H,13,14). The van der Waals surface area contributed by atoms with Crippen LogP contribution in [0.1, 0.15) is 21.7 Å². The predicted molar refractivity (Wildman–Crippen MR) is 52.5 cm³/mol. The topological polar surface area (TPSA) is 66.0 Å². The molecule has 14 heavy (non-hydrogen) atoms. The largest absolute Gasteiger partial charge is 0.478 e. The Balaban J connectivity index is 2.76. The third-order valence-corrected chi connectivity index (χ3v) is 2.18. The lowest BCUT2D eigenvalue weighted by atomic mass is 10.1. The van der Waals surface area contributed by atoms with Crippen molar-refractivity contribution in [2.24, 2.45) is 0 Å². The second kappa shape index (κ2) is 2.83. The first-order valence-electron chi connectivity index (χ1n) is 4.28. The maximum absolute atomic E-state index is 10.8. The number of aromatic carboxylic acids is 1. The van der Waals surface area contributed by atoms with E-state index in [0.29, 0.717) is 11.1 Å². The highest BCUT2D eigenvalue weighted by Crippen LogP contribution is 2.17. The molecule has 0 amide bonds. The summed E-state index contributed by atoms with van der Waals surface area (Å²) in [6.07, 6.45) is 0. The van der Waals surface area contributed by atoms with E-state index in [1.807, 2.05) is 6.92 Å². The fourth-order valence-corrected chi connectivity index (χ4v) is 1.52. The average Bonchev–Trinajstić information content (AvgIpc) is 2.42. The summed E-state index contributed by atoms with van der Waals surface area (Å²) >= 11 is 0. The molecule has 1 aromatic carbocycles. The molecular weight excluding hydrogens is 180 g/mol. The van der Waals surface area contributed by atoms with Gasteiger partial charge in [-0.1, -0.05) is 0 Å². The van der Waals surface area contributed by atoms with Crippen molar-refractivity contribution < 1.29 is 9.90 Å². The number of hydrogen-bond donors (Lipinski definition) is 2. The van der Waals surface area contributed by atoms with Crippen LogP contribution >= 0.6 is 0 Å². The first-order valence-corrected chi connectivity index (χ1v) is 4.28. The lowest BCUT2D eigenvalue weighted by molar-refractivity contribution is 0.0696. The van der Waals surface area contributed by atoms with Crippen LogP contribution in [0, 0.1) is 13.8 Å². The van der Waals surface area contributed by atoms with Gasteiger partial charge in [0.15, 0.2) is 0 Å². The van der Waals surface area contributed by atoms with E-state index in [2.05, 4.69) is 9.97 Å². The Hall–Kier alpha value is -1.84. The van der Waals surface area contributed by atoms with Crippen molar-refractivity contribution in [1.82, 2.24) is 9.97 Å². The fourth-order valence-electron chi connectivity index (χ4n) is 1.52. The molecule has 1 heterocycles. The van der Waals surface area contributed by atoms with Crippen LogP contribution in [-0.2, 0) is 0 Å². The third-order valence-electron chi connectivity index (χ3n) is 2.18. The Bertz CT molecular complexity index is 514. The number of carboxylic acid groups (broad SMARTS) is 1. The number of nitrogens with zero attached hydrogens (tertiary/aromatic N) is 1. The highest BCUT2D eigenvalue weighted by atomic mass is 16.4. The zero-order valence-electron chi connectivity index (χ0n) is 7.96. The molecular formula is C10H10N2O2. The number of fused-ring (bicyclic) bond motifs is 1. The smallest absolute Gasteiger partial charge is 0.336 e. The molecule has 0 aliphatic carbocycles. The Morgan fingerprint density at radius 3 is 2.79 bits per heavy atom. The number of aryl methyl sites for hydroxylation is 2. The summed E-state index contributed by atoms with van der Waals surface area (Å²) in [5, 5.41) is 8.89. The van der Waals surface area contributed by atoms with Crippen molar-refractivity contribution >= 4 is 17.0 Å². The van der Waals surface area contributed by atoms with E-state index in [1.54, 1.807) is 19.1 Å².